The van der Waals surface area contributed by atoms with E-state index in [1.807, 2.05) is 0 Å². The molecule has 14 heavy (non-hydrogen) atoms. The molecule has 0 bridgehead atoms. The lowest BCUT2D eigenvalue weighted by Crippen LogP contribution is -2.08. The van der Waals surface area contributed by atoms with Crippen LogP contribution in [0.15, 0.2) is 12.1 Å². The summed E-state index contributed by atoms with van der Waals surface area (Å²) < 4.78 is 0. The lowest BCUT2D eigenvalue weighted by atomic mass is 9.98. The van der Waals surface area contributed by atoms with E-state index in [9.17, 15) is 9.90 Å². The van der Waals surface area contributed by atoms with Gasteiger partial charge in [0.2, 0.25) is 0 Å². The first kappa shape index (κ1) is 10.9. The number of hydrogen-bond acceptors (Lipinski definition) is 2. The Bertz CT molecular complexity index is 374. The summed E-state index contributed by atoms with van der Waals surface area (Å²) in [7, 11) is 0. The minimum atomic E-state index is -1.01. The van der Waals surface area contributed by atoms with E-state index in [1.54, 1.807) is 13.0 Å². The van der Waals surface area contributed by atoms with Crippen molar-refractivity contribution < 1.29 is 15.0 Å². The number of carboxylic acid groups (broad SMARTS) is 1. The van der Waals surface area contributed by atoms with Gasteiger partial charge in [0.1, 0.15) is 5.75 Å². The van der Waals surface area contributed by atoms with Crippen molar-refractivity contribution in [3.05, 3.63) is 28.3 Å². The maximum absolute atomic E-state index is 10.7. The molecule has 0 saturated carbocycles. The van der Waals surface area contributed by atoms with Gasteiger partial charge in [-0.2, -0.15) is 0 Å². The summed E-state index contributed by atoms with van der Waals surface area (Å²) >= 11 is 5.91. The SMILES string of the molecule is Cc1ccc(O)c(C(C)C(=O)O)c1Cl. The number of phenolic OH excluding ortho intramolecular Hbond substituents is 1. The van der Waals surface area contributed by atoms with Crippen molar-refractivity contribution in [2.24, 2.45) is 0 Å². The van der Waals surface area contributed by atoms with Gasteiger partial charge in [-0.05, 0) is 25.5 Å². The van der Waals surface area contributed by atoms with Crippen LogP contribution in [0.2, 0.25) is 5.02 Å². The Labute approximate surface area is 86.9 Å². The molecule has 1 aromatic carbocycles. The number of rotatable bonds is 2. The van der Waals surface area contributed by atoms with E-state index < -0.39 is 11.9 Å². The number of hydrogen-bond donors (Lipinski definition) is 2. The summed E-state index contributed by atoms with van der Waals surface area (Å²) in [6.07, 6.45) is 0. The molecule has 2 N–H and O–H groups in total. The number of benzene rings is 1. The normalized spacial score (nSPS) is 12.5. The van der Waals surface area contributed by atoms with E-state index in [4.69, 9.17) is 16.7 Å². The van der Waals surface area contributed by atoms with Crippen molar-refractivity contribution in [2.75, 3.05) is 0 Å². The fraction of sp³-hybridized carbons (Fsp3) is 0.300. The minimum absolute atomic E-state index is 0.0736. The van der Waals surface area contributed by atoms with Crippen LogP contribution >= 0.6 is 11.6 Å². The Morgan fingerprint density at radius 3 is 2.57 bits per heavy atom. The summed E-state index contributed by atoms with van der Waals surface area (Å²) in [6, 6.07) is 3.10. The number of aliphatic carboxylic acids is 1. The van der Waals surface area contributed by atoms with Crippen LogP contribution in [0, 0.1) is 6.92 Å². The number of aryl methyl sites for hydroxylation is 1. The van der Waals surface area contributed by atoms with Gasteiger partial charge in [0, 0.05) is 5.56 Å². The Hall–Kier alpha value is -1.22. The molecule has 0 saturated heterocycles. The van der Waals surface area contributed by atoms with Crippen LogP contribution in [0.4, 0.5) is 0 Å². The third-order valence-electron chi connectivity index (χ3n) is 2.15. The zero-order chi connectivity index (χ0) is 10.9. The Kier molecular flexibility index (Phi) is 3.01. The topological polar surface area (TPSA) is 57.5 Å². The molecule has 0 aliphatic heterocycles. The summed E-state index contributed by atoms with van der Waals surface area (Å²) in [4.78, 5) is 10.7. The van der Waals surface area contributed by atoms with Gasteiger partial charge in [0.15, 0.2) is 0 Å². The average molecular weight is 215 g/mol. The zero-order valence-corrected chi connectivity index (χ0v) is 8.67. The van der Waals surface area contributed by atoms with Crippen molar-refractivity contribution in [3.63, 3.8) is 0 Å². The molecule has 0 spiro atoms. The molecular weight excluding hydrogens is 204 g/mol. The zero-order valence-electron chi connectivity index (χ0n) is 7.91. The predicted octanol–water partition coefficient (Wildman–Crippen LogP) is 2.54. The van der Waals surface area contributed by atoms with Crippen molar-refractivity contribution in [3.8, 4) is 5.75 Å². The molecule has 0 heterocycles. The van der Waals surface area contributed by atoms with Crippen molar-refractivity contribution in [2.45, 2.75) is 19.8 Å². The van der Waals surface area contributed by atoms with Crippen LogP contribution in [-0.2, 0) is 4.79 Å². The molecule has 1 aromatic rings. The molecular formula is C10H11ClO3. The van der Waals surface area contributed by atoms with Gasteiger partial charge in [0.25, 0.3) is 0 Å². The first-order valence-corrected chi connectivity index (χ1v) is 4.53. The highest BCUT2D eigenvalue weighted by atomic mass is 35.5. The molecule has 3 nitrogen and oxygen atoms in total. The molecule has 0 amide bonds. The molecule has 0 fully saturated rings. The second kappa shape index (κ2) is 3.88. The van der Waals surface area contributed by atoms with Crippen molar-refractivity contribution >= 4 is 17.6 Å². The maximum atomic E-state index is 10.7. The van der Waals surface area contributed by atoms with Gasteiger partial charge in [-0.25, -0.2) is 0 Å². The quantitative estimate of drug-likeness (QED) is 0.796. The third kappa shape index (κ3) is 1.82. The standard InChI is InChI=1S/C10H11ClO3/c1-5-3-4-7(12)8(9(5)11)6(2)10(13)14/h3-4,6,12H,1-2H3,(H,13,14). The summed E-state index contributed by atoms with van der Waals surface area (Å²) in [5.74, 6) is -1.88. The van der Waals surface area contributed by atoms with Gasteiger partial charge < -0.3 is 10.2 Å². The molecule has 0 aliphatic rings. The molecule has 1 atom stereocenters. The molecule has 0 aromatic heterocycles. The van der Waals surface area contributed by atoms with Crippen LogP contribution < -0.4 is 0 Å². The van der Waals surface area contributed by atoms with Gasteiger partial charge in [-0.1, -0.05) is 17.7 Å². The van der Waals surface area contributed by atoms with Crippen LogP contribution in [0.5, 0.6) is 5.75 Å². The number of carboxylic acids is 1. The molecule has 0 aliphatic carbocycles. The van der Waals surface area contributed by atoms with Crippen molar-refractivity contribution in [1.29, 1.82) is 0 Å². The second-order valence-corrected chi connectivity index (χ2v) is 3.57. The lowest BCUT2D eigenvalue weighted by molar-refractivity contribution is -0.138. The first-order chi connectivity index (χ1) is 6.45. The monoisotopic (exact) mass is 214 g/mol. The molecule has 1 unspecified atom stereocenters. The van der Waals surface area contributed by atoms with Crippen LogP contribution in [0.1, 0.15) is 24.0 Å². The average Bonchev–Trinajstić information content (AvgIpc) is 2.12. The lowest BCUT2D eigenvalue weighted by Gasteiger charge is -2.12. The largest absolute Gasteiger partial charge is 0.508 e. The second-order valence-electron chi connectivity index (χ2n) is 3.19. The van der Waals surface area contributed by atoms with E-state index in [0.717, 1.165) is 5.56 Å². The highest BCUT2D eigenvalue weighted by Gasteiger charge is 2.21. The predicted molar refractivity (Wildman–Crippen MR) is 53.9 cm³/mol. The van der Waals surface area contributed by atoms with E-state index in [-0.39, 0.29) is 11.3 Å². The fourth-order valence-electron chi connectivity index (χ4n) is 1.23. The number of aromatic hydroxyl groups is 1. The third-order valence-corrected chi connectivity index (χ3v) is 2.65. The summed E-state index contributed by atoms with van der Waals surface area (Å²) in [5.41, 5.74) is 1.03. The van der Waals surface area contributed by atoms with Crippen LogP contribution in [0.25, 0.3) is 0 Å². The Balaban J connectivity index is 3.32. The van der Waals surface area contributed by atoms with E-state index >= 15 is 0 Å². The van der Waals surface area contributed by atoms with Crippen LogP contribution in [0.3, 0.4) is 0 Å². The van der Waals surface area contributed by atoms with E-state index in [1.165, 1.54) is 13.0 Å². The number of halogens is 1. The molecule has 4 heteroatoms. The first-order valence-electron chi connectivity index (χ1n) is 4.16. The smallest absolute Gasteiger partial charge is 0.310 e. The Morgan fingerprint density at radius 1 is 1.50 bits per heavy atom. The number of phenols is 1. The molecule has 1 rings (SSSR count). The van der Waals surface area contributed by atoms with Gasteiger partial charge >= 0.3 is 5.97 Å². The maximum Gasteiger partial charge on any atom is 0.310 e. The summed E-state index contributed by atoms with van der Waals surface area (Å²) in [6.45, 7) is 3.25. The highest BCUT2D eigenvalue weighted by molar-refractivity contribution is 6.32. The van der Waals surface area contributed by atoms with Crippen LogP contribution in [-0.4, -0.2) is 16.2 Å². The minimum Gasteiger partial charge on any atom is -0.508 e. The van der Waals surface area contributed by atoms with E-state index in [2.05, 4.69) is 0 Å². The molecule has 76 valence electrons. The van der Waals surface area contributed by atoms with Gasteiger partial charge in [0.05, 0.1) is 10.9 Å². The number of carbonyl (C=O) groups is 1. The van der Waals surface area contributed by atoms with Gasteiger partial charge in [-0.15, -0.1) is 0 Å². The van der Waals surface area contributed by atoms with Gasteiger partial charge in [-0.3, -0.25) is 4.79 Å². The van der Waals surface area contributed by atoms with E-state index in [0.29, 0.717) is 5.02 Å². The summed E-state index contributed by atoms with van der Waals surface area (Å²) in [5, 5.41) is 18.6. The highest BCUT2D eigenvalue weighted by Crippen LogP contribution is 2.34. The fourth-order valence-corrected chi connectivity index (χ4v) is 1.55. The van der Waals surface area contributed by atoms with Crippen molar-refractivity contribution in [1.82, 2.24) is 0 Å². The molecule has 0 radical (unpaired) electrons. The Morgan fingerprint density at radius 2 is 2.07 bits per heavy atom.